The van der Waals surface area contributed by atoms with Crippen molar-refractivity contribution in [2.45, 2.75) is 38.1 Å². The second kappa shape index (κ2) is 8.77. The Kier molecular flexibility index (Phi) is 7.32. The quantitative estimate of drug-likeness (QED) is 0.626. The standard InChI is InChI=1S/C17H25N3O4S/c1-5-19-25(23,24)14-9-6-13(7-10-14)8-11-15(21)18-12-16(22)20-17(2,3)4/h6-11,19H,5,12H2,1-4H3,(H,18,21)(H,20,22)/b11-8+. The second-order valence-electron chi connectivity index (χ2n) is 6.42. The highest BCUT2D eigenvalue weighted by Crippen LogP contribution is 2.11. The maximum Gasteiger partial charge on any atom is 0.244 e. The van der Waals surface area contributed by atoms with E-state index < -0.39 is 15.9 Å². The van der Waals surface area contributed by atoms with Crippen molar-refractivity contribution in [3.63, 3.8) is 0 Å². The van der Waals surface area contributed by atoms with E-state index in [4.69, 9.17) is 0 Å². The molecule has 0 aliphatic carbocycles. The Balaban J connectivity index is 2.58. The van der Waals surface area contributed by atoms with E-state index in [0.29, 0.717) is 12.1 Å². The van der Waals surface area contributed by atoms with Crippen LogP contribution in [-0.4, -0.2) is 38.9 Å². The van der Waals surface area contributed by atoms with Gasteiger partial charge in [0.25, 0.3) is 0 Å². The predicted octanol–water partition coefficient (Wildman–Crippen LogP) is 1.03. The molecule has 8 heteroatoms. The van der Waals surface area contributed by atoms with Crippen molar-refractivity contribution in [3.8, 4) is 0 Å². The molecule has 0 spiro atoms. The fourth-order valence-electron chi connectivity index (χ4n) is 1.89. The minimum Gasteiger partial charge on any atom is -0.350 e. The van der Waals surface area contributed by atoms with Crippen LogP contribution in [0.5, 0.6) is 0 Å². The molecule has 0 radical (unpaired) electrons. The lowest BCUT2D eigenvalue weighted by molar-refractivity contribution is -0.124. The van der Waals surface area contributed by atoms with E-state index in [9.17, 15) is 18.0 Å². The third-order valence-electron chi connectivity index (χ3n) is 2.89. The molecule has 0 unspecified atom stereocenters. The normalized spacial score (nSPS) is 12.2. The van der Waals surface area contributed by atoms with Crippen molar-refractivity contribution < 1.29 is 18.0 Å². The fourth-order valence-corrected chi connectivity index (χ4v) is 2.93. The summed E-state index contributed by atoms with van der Waals surface area (Å²) in [5.74, 6) is -0.680. The Hall–Kier alpha value is -2.19. The molecule has 0 aliphatic heterocycles. The highest BCUT2D eigenvalue weighted by Gasteiger charge is 2.14. The Morgan fingerprint density at radius 2 is 1.72 bits per heavy atom. The Morgan fingerprint density at radius 3 is 2.24 bits per heavy atom. The zero-order chi connectivity index (χ0) is 19.1. The maximum atomic E-state index is 11.8. The number of carbonyl (C=O) groups excluding carboxylic acids is 2. The van der Waals surface area contributed by atoms with Gasteiger partial charge < -0.3 is 10.6 Å². The van der Waals surface area contributed by atoms with Gasteiger partial charge in [0.05, 0.1) is 11.4 Å². The molecule has 3 N–H and O–H groups in total. The molecule has 25 heavy (non-hydrogen) atoms. The summed E-state index contributed by atoms with van der Waals surface area (Å²) < 4.78 is 26.1. The summed E-state index contributed by atoms with van der Waals surface area (Å²) >= 11 is 0. The van der Waals surface area contributed by atoms with Gasteiger partial charge in [-0.15, -0.1) is 0 Å². The van der Waals surface area contributed by atoms with Crippen molar-refractivity contribution in [1.29, 1.82) is 0 Å². The van der Waals surface area contributed by atoms with Crippen LogP contribution in [0, 0.1) is 0 Å². The molecule has 2 amide bonds. The van der Waals surface area contributed by atoms with Gasteiger partial charge >= 0.3 is 0 Å². The summed E-state index contributed by atoms with van der Waals surface area (Å²) in [5.41, 5.74) is 0.316. The van der Waals surface area contributed by atoms with Gasteiger partial charge in [0, 0.05) is 18.2 Å². The second-order valence-corrected chi connectivity index (χ2v) is 8.19. The first-order valence-corrected chi connectivity index (χ1v) is 9.38. The third-order valence-corrected chi connectivity index (χ3v) is 4.45. The highest BCUT2D eigenvalue weighted by atomic mass is 32.2. The molecule has 0 fully saturated rings. The number of carbonyl (C=O) groups is 2. The maximum absolute atomic E-state index is 11.8. The van der Waals surface area contributed by atoms with E-state index in [1.54, 1.807) is 25.1 Å². The van der Waals surface area contributed by atoms with Crippen LogP contribution in [0.2, 0.25) is 0 Å². The monoisotopic (exact) mass is 367 g/mol. The Morgan fingerprint density at radius 1 is 1.12 bits per heavy atom. The lowest BCUT2D eigenvalue weighted by atomic mass is 10.1. The molecule has 0 bridgehead atoms. The topological polar surface area (TPSA) is 104 Å². The molecule has 0 saturated heterocycles. The Labute approximate surface area is 148 Å². The van der Waals surface area contributed by atoms with Crippen LogP contribution in [-0.2, 0) is 19.6 Å². The predicted molar refractivity (Wildman–Crippen MR) is 97.2 cm³/mol. The molecule has 0 aromatic heterocycles. The Bertz CT molecular complexity index is 732. The van der Waals surface area contributed by atoms with Gasteiger partial charge in [-0.3, -0.25) is 9.59 Å². The van der Waals surface area contributed by atoms with Gasteiger partial charge in [0.2, 0.25) is 21.8 Å². The number of nitrogens with one attached hydrogen (secondary N) is 3. The molecule has 1 aromatic rings. The molecule has 1 aromatic carbocycles. The van der Waals surface area contributed by atoms with Gasteiger partial charge in [-0.2, -0.15) is 0 Å². The van der Waals surface area contributed by atoms with Crippen LogP contribution in [0.1, 0.15) is 33.3 Å². The zero-order valence-corrected chi connectivity index (χ0v) is 15.7. The number of amides is 2. The van der Waals surface area contributed by atoms with Crippen molar-refractivity contribution in [1.82, 2.24) is 15.4 Å². The number of benzene rings is 1. The van der Waals surface area contributed by atoms with Crippen LogP contribution in [0.4, 0.5) is 0 Å². The molecule has 0 saturated carbocycles. The summed E-state index contributed by atoms with van der Waals surface area (Å²) in [6, 6.07) is 6.12. The van der Waals surface area contributed by atoms with E-state index >= 15 is 0 Å². The van der Waals surface area contributed by atoms with Gasteiger partial charge in [0.1, 0.15) is 0 Å². The number of sulfonamides is 1. The van der Waals surface area contributed by atoms with Crippen molar-refractivity contribution in [3.05, 3.63) is 35.9 Å². The van der Waals surface area contributed by atoms with E-state index in [-0.39, 0.29) is 22.9 Å². The average molecular weight is 367 g/mol. The van der Waals surface area contributed by atoms with Crippen molar-refractivity contribution >= 4 is 27.9 Å². The number of hydrogen-bond acceptors (Lipinski definition) is 4. The van der Waals surface area contributed by atoms with Crippen molar-refractivity contribution in [2.75, 3.05) is 13.1 Å². The average Bonchev–Trinajstić information content (AvgIpc) is 2.49. The highest BCUT2D eigenvalue weighted by molar-refractivity contribution is 7.89. The van der Waals surface area contributed by atoms with E-state index in [0.717, 1.165) is 0 Å². The molecule has 1 rings (SSSR count). The first-order chi connectivity index (χ1) is 11.5. The SMILES string of the molecule is CCNS(=O)(=O)c1ccc(/C=C/C(=O)NCC(=O)NC(C)(C)C)cc1. The number of hydrogen-bond donors (Lipinski definition) is 3. The lowest BCUT2D eigenvalue weighted by Gasteiger charge is -2.20. The first kappa shape index (κ1) is 20.9. The molecule has 138 valence electrons. The molecular weight excluding hydrogens is 342 g/mol. The minimum absolute atomic E-state index is 0.111. The van der Waals surface area contributed by atoms with Crippen molar-refractivity contribution in [2.24, 2.45) is 0 Å². The van der Waals surface area contributed by atoms with Crippen LogP contribution in [0.25, 0.3) is 6.08 Å². The van der Waals surface area contributed by atoms with E-state index in [1.165, 1.54) is 18.2 Å². The molecular formula is C17H25N3O4S. The van der Waals surface area contributed by atoms with Gasteiger partial charge in [0.15, 0.2) is 0 Å². The van der Waals surface area contributed by atoms with Gasteiger partial charge in [-0.05, 0) is 44.5 Å². The molecule has 7 nitrogen and oxygen atoms in total. The molecule has 0 heterocycles. The van der Waals surface area contributed by atoms with Crippen LogP contribution in [0.3, 0.4) is 0 Å². The van der Waals surface area contributed by atoms with Gasteiger partial charge in [-0.25, -0.2) is 13.1 Å². The fraction of sp³-hybridized carbons (Fsp3) is 0.412. The van der Waals surface area contributed by atoms with E-state index in [1.807, 2.05) is 20.8 Å². The van der Waals surface area contributed by atoms with Gasteiger partial charge in [-0.1, -0.05) is 19.1 Å². The molecule has 0 aliphatic rings. The summed E-state index contributed by atoms with van der Waals surface area (Å²) in [5, 5.41) is 5.22. The zero-order valence-electron chi connectivity index (χ0n) is 14.9. The minimum atomic E-state index is -3.49. The van der Waals surface area contributed by atoms with Crippen LogP contribution < -0.4 is 15.4 Å². The molecule has 0 atom stereocenters. The summed E-state index contributed by atoms with van der Waals surface area (Å²) in [4.78, 5) is 23.5. The summed E-state index contributed by atoms with van der Waals surface area (Å²) in [7, 11) is -3.49. The lowest BCUT2D eigenvalue weighted by Crippen LogP contribution is -2.45. The van der Waals surface area contributed by atoms with E-state index in [2.05, 4.69) is 15.4 Å². The van der Waals surface area contributed by atoms with Crippen LogP contribution >= 0.6 is 0 Å². The summed E-state index contributed by atoms with van der Waals surface area (Å²) in [6.45, 7) is 7.47. The summed E-state index contributed by atoms with van der Waals surface area (Å²) in [6.07, 6.45) is 2.83. The first-order valence-electron chi connectivity index (χ1n) is 7.90. The largest absolute Gasteiger partial charge is 0.350 e. The van der Waals surface area contributed by atoms with Crippen LogP contribution in [0.15, 0.2) is 35.2 Å². The smallest absolute Gasteiger partial charge is 0.244 e. The third kappa shape index (κ3) is 7.95. The number of rotatable bonds is 7.